The molecule has 0 aliphatic heterocycles. The molecule has 1 aromatic heterocycles. The molecule has 0 saturated heterocycles. The summed E-state index contributed by atoms with van der Waals surface area (Å²) < 4.78 is 1.74. The molecule has 29 heavy (non-hydrogen) atoms. The van der Waals surface area contributed by atoms with Gasteiger partial charge in [0.25, 0.3) is 0 Å². The summed E-state index contributed by atoms with van der Waals surface area (Å²) in [6.45, 7) is 4.30. The largest absolute Gasteiger partial charge is 0.758 e. The molecular formula is C24H24N2O2S. The Kier molecular flexibility index (Phi) is 6.86. The van der Waals surface area contributed by atoms with Gasteiger partial charge in [-0.25, -0.2) is 0 Å². The molecule has 0 bridgehead atoms. The predicted octanol–water partition coefficient (Wildman–Crippen LogP) is 3.65. The average Bonchev–Trinajstić information content (AvgIpc) is 2.75. The molecular weight excluding hydrogens is 380 g/mol. The van der Waals surface area contributed by atoms with E-state index >= 15 is 0 Å². The van der Waals surface area contributed by atoms with Crippen molar-refractivity contribution in [3.8, 4) is 0 Å². The normalized spacial score (nSPS) is 12.6. The number of aliphatic hydroxyl groups is 1. The minimum atomic E-state index is -0.748. The Bertz CT molecular complexity index is 1030. The van der Waals surface area contributed by atoms with Crippen LogP contribution in [0.1, 0.15) is 38.7 Å². The van der Waals surface area contributed by atoms with E-state index < -0.39 is 6.04 Å². The first-order valence-corrected chi connectivity index (χ1v) is 9.87. The Balaban J connectivity index is 2.00. The molecule has 1 heterocycles. The lowest BCUT2D eigenvalue weighted by Crippen LogP contribution is -2.48. The van der Waals surface area contributed by atoms with Crippen molar-refractivity contribution in [3.05, 3.63) is 101 Å². The Hall–Kier alpha value is -2.89. The summed E-state index contributed by atoms with van der Waals surface area (Å²) in [5, 5.41) is 9.82. The third-order valence-corrected chi connectivity index (χ3v) is 5.25. The average molecular weight is 405 g/mol. The van der Waals surface area contributed by atoms with Gasteiger partial charge in [0.15, 0.2) is 12.4 Å². The summed E-state index contributed by atoms with van der Waals surface area (Å²) in [5.41, 5.74) is 4.51. The highest BCUT2D eigenvalue weighted by atomic mass is 32.1. The number of hydrogen-bond acceptors (Lipinski definition) is 4. The maximum atomic E-state index is 13.4. The van der Waals surface area contributed by atoms with Crippen LogP contribution in [0, 0.1) is 13.8 Å². The van der Waals surface area contributed by atoms with E-state index in [0.29, 0.717) is 22.7 Å². The molecule has 1 atom stereocenters. The minimum absolute atomic E-state index is 0.112. The van der Waals surface area contributed by atoms with Gasteiger partial charge in [0.05, 0.1) is 13.2 Å². The Labute approximate surface area is 177 Å². The molecule has 0 aliphatic rings. The smallest absolute Gasteiger partial charge is 0.237 e. The second-order valence-corrected chi connectivity index (χ2v) is 7.44. The van der Waals surface area contributed by atoms with Crippen molar-refractivity contribution in [1.82, 2.24) is 0 Å². The van der Waals surface area contributed by atoms with Crippen LogP contribution < -0.4 is 4.57 Å². The number of nitrogens with zero attached hydrogens (tertiary/aromatic N) is 2. The van der Waals surface area contributed by atoms with Gasteiger partial charge in [0.1, 0.15) is 0 Å². The lowest BCUT2D eigenvalue weighted by atomic mass is 9.99. The Morgan fingerprint density at radius 3 is 2.45 bits per heavy atom. The number of aliphatic hydroxyl groups excluding tert-OH is 1. The van der Waals surface area contributed by atoms with E-state index in [2.05, 4.69) is 4.99 Å². The standard InChI is InChI=1S/C24H24N2O2S/c1-17-10-11-21(13-18(17)2)23(28)22(26-12-6-9-20(15-26)16-27)24(29)25-14-19-7-4-3-5-8-19/h3-13,15,22,27H,14,16H2,1-2H3/t22-/m1/s1. The fourth-order valence-corrected chi connectivity index (χ4v) is 3.36. The van der Waals surface area contributed by atoms with Crippen LogP contribution in [0.4, 0.5) is 0 Å². The Morgan fingerprint density at radius 2 is 1.76 bits per heavy atom. The van der Waals surface area contributed by atoms with Crippen molar-refractivity contribution >= 4 is 23.5 Å². The van der Waals surface area contributed by atoms with Crippen molar-refractivity contribution in [1.29, 1.82) is 0 Å². The van der Waals surface area contributed by atoms with Crippen molar-refractivity contribution < 1.29 is 14.5 Å². The summed E-state index contributed by atoms with van der Waals surface area (Å²) >= 11 is 5.60. The zero-order chi connectivity index (χ0) is 20.8. The highest BCUT2D eigenvalue weighted by molar-refractivity contribution is 7.77. The molecule has 0 fully saturated rings. The molecule has 148 valence electrons. The number of rotatable bonds is 7. The molecule has 0 aliphatic carbocycles. The fourth-order valence-electron chi connectivity index (χ4n) is 3.06. The molecule has 1 N–H and O–H groups in total. The highest BCUT2D eigenvalue weighted by Crippen LogP contribution is 2.16. The molecule has 0 radical (unpaired) electrons. The number of aryl methyl sites for hydroxylation is 2. The quantitative estimate of drug-likeness (QED) is 0.215. The number of aliphatic imine (C=N–C) groups is 1. The van der Waals surface area contributed by atoms with Gasteiger partial charge in [-0.15, -0.1) is 0 Å². The molecule has 5 heteroatoms. The summed E-state index contributed by atoms with van der Waals surface area (Å²) in [6.07, 6.45) is 3.53. The third kappa shape index (κ3) is 5.13. The van der Waals surface area contributed by atoms with E-state index in [-0.39, 0.29) is 12.4 Å². The van der Waals surface area contributed by atoms with E-state index in [0.717, 1.165) is 16.7 Å². The van der Waals surface area contributed by atoms with Crippen molar-refractivity contribution in [2.45, 2.75) is 33.0 Å². The molecule has 0 unspecified atom stereocenters. The van der Waals surface area contributed by atoms with Crippen LogP contribution in [0.5, 0.6) is 0 Å². The van der Waals surface area contributed by atoms with E-state index in [4.69, 9.17) is 12.6 Å². The monoisotopic (exact) mass is 404 g/mol. The number of pyridine rings is 1. The fraction of sp³-hybridized carbons (Fsp3) is 0.208. The number of hydrogen-bond donors (Lipinski definition) is 1. The SMILES string of the molecule is Cc1ccc(C(=O)[C@H](C([S-])=NCc2ccccc2)[n+]2cccc(CO)c2)cc1C. The number of aromatic nitrogens is 1. The molecule has 3 aromatic rings. The third-order valence-electron chi connectivity index (χ3n) is 4.90. The number of carbonyl (C=O) groups excluding carboxylic acids is 1. The zero-order valence-electron chi connectivity index (χ0n) is 16.6. The summed E-state index contributed by atoms with van der Waals surface area (Å²) in [6, 6.07) is 18.3. The number of ketones is 1. The van der Waals surface area contributed by atoms with Crippen molar-refractivity contribution in [3.63, 3.8) is 0 Å². The molecule has 0 spiro atoms. The Morgan fingerprint density at radius 1 is 1.03 bits per heavy atom. The lowest BCUT2D eigenvalue weighted by molar-refractivity contribution is -0.692. The first kappa shape index (κ1) is 20.8. The van der Waals surface area contributed by atoms with Crippen LogP contribution in [-0.2, 0) is 25.8 Å². The van der Waals surface area contributed by atoms with Gasteiger partial charge in [-0.2, -0.15) is 4.57 Å². The molecule has 2 aromatic carbocycles. The van der Waals surface area contributed by atoms with Gasteiger partial charge in [0, 0.05) is 17.2 Å². The lowest BCUT2D eigenvalue weighted by Gasteiger charge is -2.19. The van der Waals surface area contributed by atoms with Gasteiger partial charge in [-0.05, 0) is 47.7 Å². The molecule has 4 nitrogen and oxygen atoms in total. The van der Waals surface area contributed by atoms with E-state index in [1.165, 1.54) is 0 Å². The van der Waals surface area contributed by atoms with Crippen LogP contribution in [0.25, 0.3) is 0 Å². The van der Waals surface area contributed by atoms with Crippen LogP contribution in [0.3, 0.4) is 0 Å². The van der Waals surface area contributed by atoms with Crippen LogP contribution in [0.15, 0.2) is 78.0 Å². The van der Waals surface area contributed by atoms with Gasteiger partial charge in [-0.1, -0.05) is 42.5 Å². The van der Waals surface area contributed by atoms with Crippen LogP contribution in [0.2, 0.25) is 0 Å². The topological polar surface area (TPSA) is 53.5 Å². The maximum Gasteiger partial charge on any atom is 0.237 e. The predicted molar refractivity (Wildman–Crippen MR) is 117 cm³/mol. The molecule has 0 saturated carbocycles. The summed E-state index contributed by atoms with van der Waals surface area (Å²) in [4.78, 5) is 18.0. The number of carbonyl (C=O) groups is 1. The summed E-state index contributed by atoms with van der Waals surface area (Å²) in [7, 11) is 0. The first-order valence-electron chi connectivity index (χ1n) is 9.47. The molecule has 0 amide bonds. The van der Waals surface area contributed by atoms with Gasteiger partial charge in [0.2, 0.25) is 11.8 Å². The van der Waals surface area contributed by atoms with E-state index in [9.17, 15) is 9.90 Å². The van der Waals surface area contributed by atoms with Gasteiger partial charge in [-0.3, -0.25) is 4.79 Å². The van der Waals surface area contributed by atoms with Crippen molar-refractivity contribution in [2.75, 3.05) is 0 Å². The highest BCUT2D eigenvalue weighted by Gasteiger charge is 2.28. The number of Topliss-reactive ketones (excluding diaryl/α,β-unsaturated/α-hetero) is 1. The van der Waals surface area contributed by atoms with Crippen LogP contribution >= 0.6 is 0 Å². The first-order chi connectivity index (χ1) is 14.0. The minimum Gasteiger partial charge on any atom is -0.758 e. The van der Waals surface area contributed by atoms with Gasteiger partial charge >= 0.3 is 0 Å². The van der Waals surface area contributed by atoms with E-state index in [1.807, 2.05) is 62.4 Å². The number of benzene rings is 2. The maximum absolute atomic E-state index is 13.4. The second-order valence-electron chi connectivity index (χ2n) is 7.02. The second kappa shape index (κ2) is 9.54. The van der Waals surface area contributed by atoms with Gasteiger partial charge < -0.3 is 22.7 Å². The summed E-state index contributed by atoms with van der Waals surface area (Å²) in [5.74, 6) is -0.116. The molecule has 3 rings (SSSR count). The van der Waals surface area contributed by atoms with Crippen molar-refractivity contribution in [2.24, 2.45) is 4.99 Å². The van der Waals surface area contributed by atoms with Crippen LogP contribution in [-0.4, -0.2) is 15.9 Å². The zero-order valence-corrected chi connectivity index (χ0v) is 17.4. The van der Waals surface area contributed by atoms with E-state index in [1.54, 1.807) is 29.1 Å².